The number of nitrogen functional groups attached to an aromatic ring is 1. The van der Waals surface area contributed by atoms with E-state index in [-0.39, 0.29) is 6.79 Å². The molecular formula is C10H8BrN3O2. The number of aromatic amines is 1. The third-order valence-electron chi connectivity index (χ3n) is 2.37. The number of fused-ring (bicyclic) bond motifs is 1. The zero-order chi connectivity index (χ0) is 11.1. The topological polar surface area (TPSA) is 73.2 Å². The average Bonchev–Trinajstić information content (AvgIpc) is 2.87. The Morgan fingerprint density at radius 3 is 3.00 bits per heavy atom. The minimum absolute atomic E-state index is 0.252. The maximum Gasteiger partial charge on any atom is 0.231 e. The summed E-state index contributed by atoms with van der Waals surface area (Å²) in [5, 5.41) is 6.74. The van der Waals surface area contributed by atoms with E-state index in [1.807, 2.05) is 12.1 Å². The molecule has 0 fully saturated rings. The van der Waals surface area contributed by atoms with Gasteiger partial charge >= 0.3 is 0 Å². The van der Waals surface area contributed by atoms with Crippen LogP contribution in [0, 0.1) is 0 Å². The van der Waals surface area contributed by atoms with Gasteiger partial charge in [0, 0.05) is 11.6 Å². The molecule has 1 aromatic heterocycles. The van der Waals surface area contributed by atoms with Gasteiger partial charge in [-0.05, 0) is 28.1 Å². The van der Waals surface area contributed by atoms with Gasteiger partial charge in [-0.3, -0.25) is 5.10 Å². The van der Waals surface area contributed by atoms with Crippen molar-refractivity contribution in [3.05, 3.63) is 22.7 Å². The molecule has 0 saturated carbocycles. The van der Waals surface area contributed by atoms with Crippen LogP contribution < -0.4 is 15.2 Å². The molecule has 0 amide bonds. The maximum atomic E-state index is 5.57. The van der Waals surface area contributed by atoms with Crippen LogP contribution in [-0.2, 0) is 0 Å². The Balaban J connectivity index is 2.15. The van der Waals surface area contributed by atoms with Crippen LogP contribution in [0.2, 0.25) is 0 Å². The number of nitrogens with zero attached hydrogens (tertiary/aromatic N) is 1. The number of H-pyrrole nitrogens is 1. The SMILES string of the molecule is Nc1cc(-c2ccc3c(c2Br)OCO3)[nH]n1. The standard InChI is InChI=1S/C10H8BrN3O2/c11-9-5(6-3-8(12)14-13-6)1-2-7-10(9)16-4-15-7/h1-3H,4H2,(H3,12,13,14). The monoisotopic (exact) mass is 281 g/mol. The van der Waals surface area contributed by atoms with Crippen LogP contribution in [0.4, 0.5) is 5.82 Å². The minimum Gasteiger partial charge on any atom is -0.454 e. The number of benzene rings is 1. The predicted molar refractivity (Wildman–Crippen MR) is 62.3 cm³/mol. The van der Waals surface area contributed by atoms with E-state index in [0.29, 0.717) is 11.6 Å². The lowest BCUT2D eigenvalue weighted by Gasteiger charge is -2.04. The number of rotatable bonds is 1. The number of aromatic nitrogens is 2. The normalized spacial score (nSPS) is 13.1. The first-order chi connectivity index (χ1) is 7.75. The molecule has 1 aromatic carbocycles. The summed E-state index contributed by atoms with van der Waals surface area (Å²) in [4.78, 5) is 0. The smallest absolute Gasteiger partial charge is 0.231 e. The Bertz CT molecular complexity index is 553. The van der Waals surface area contributed by atoms with Gasteiger partial charge in [-0.25, -0.2) is 0 Å². The molecule has 1 aliphatic heterocycles. The first-order valence-electron chi connectivity index (χ1n) is 4.65. The van der Waals surface area contributed by atoms with Gasteiger partial charge in [-0.2, -0.15) is 5.10 Å². The second kappa shape index (κ2) is 3.41. The Morgan fingerprint density at radius 2 is 2.25 bits per heavy atom. The molecule has 0 aliphatic carbocycles. The van der Waals surface area contributed by atoms with E-state index in [1.165, 1.54) is 0 Å². The molecule has 0 unspecified atom stereocenters. The lowest BCUT2D eigenvalue weighted by molar-refractivity contribution is 0.173. The Morgan fingerprint density at radius 1 is 1.38 bits per heavy atom. The van der Waals surface area contributed by atoms with Crippen molar-refractivity contribution in [1.29, 1.82) is 0 Å². The lowest BCUT2D eigenvalue weighted by Crippen LogP contribution is -1.93. The van der Waals surface area contributed by atoms with Crippen LogP contribution in [0.5, 0.6) is 11.5 Å². The Kier molecular flexibility index (Phi) is 2.03. The molecule has 2 heterocycles. The molecule has 3 N–H and O–H groups in total. The van der Waals surface area contributed by atoms with E-state index in [4.69, 9.17) is 15.2 Å². The molecule has 0 atom stereocenters. The Labute approximate surface area is 99.7 Å². The summed E-state index contributed by atoms with van der Waals surface area (Å²) in [6, 6.07) is 5.55. The number of hydrogen-bond acceptors (Lipinski definition) is 4. The molecule has 0 spiro atoms. The van der Waals surface area contributed by atoms with Crippen molar-refractivity contribution < 1.29 is 9.47 Å². The molecule has 16 heavy (non-hydrogen) atoms. The van der Waals surface area contributed by atoms with Crippen LogP contribution in [0.25, 0.3) is 11.3 Å². The fraction of sp³-hybridized carbons (Fsp3) is 0.100. The minimum atomic E-state index is 0.252. The highest BCUT2D eigenvalue weighted by Gasteiger charge is 2.20. The summed E-state index contributed by atoms with van der Waals surface area (Å²) in [5.41, 5.74) is 7.34. The van der Waals surface area contributed by atoms with Crippen molar-refractivity contribution in [2.45, 2.75) is 0 Å². The van der Waals surface area contributed by atoms with Crippen molar-refractivity contribution >= 4 is 21.7 Å². The zero-order valence-electron chi connectivity index (χ0n) is 8.16. The number of nitrogens with two attached hydrogens (primary N) is 1. The third-order valence-corrected chi connectivity index (χ3v) is 3.15. The summed E-state index contributed by atoms with van der Waals surface area (Å²) in [6.45, 7) is 0.252. The predicted octanol–water partition coefficient (Wildman–Crippen LogP) is 2.15. The summed E-state index contributed by atoms with van der Waals surface area (Å²) in [6.07, 6.45) is 0. The maximum absolute atomic E-state index is 5.57. The van der Waals surface area contributed by atoms with E-state index in [2.05, 4.69) is 26.1 Å². The lowest BCUT2D eigenvalue weighted by atomic mass is 10.1. The number of nitrogens with one attached hydrogen (secondary N) is 1. The van der Waals surface area contributed by atoms with Crippen LogP contribution in [0.3, 0.4) is 0 Å². The highest BCUT2D eigenvalue weighted by molar-refractivity contribution is 9.10. The molecule has 0 bridgehead atoms. The molecule has 6 heteroatoms. The first-order valence-corrected chi connectivity index (χ1v) is 5.44. The van der Waals surface area contributed by atoms with Crippen LogP contribution in [0.1, 0.15) is 0 Å². The first kappa shape index (κ1) is 9.53. The van der Waals surface area contributed by atoms with Crippen LogP contribution in [-0.4, -0.2) is 17.0 Å². The zero-order valence-corrected chi connectivity index (χ0v) is 9.74. The summed E-state index contributed by atoms with van der Waals surface area (Å²) >= 11 is 3.48. The van der Waals surface area contributed by atoms with Crippen molar-refractivity contribution in [2.24, 2.45) is 0 Å². The van der Waals surface area contributed by atoms with Crippen molar-refractivity contribution in [3.63, 3.8) is 0 Å². The van der Waals surface area contributed by atoms with Gasteiger partial charge in [0.1, 0.15) is 5.82 Å². The largest absolute Gasteiger partial charge is 0.454 e. The fourth-order valence-corrected chi connectivity index (χ4v) is 2.28. The molecular weight excluding hydrogens is 274 g/mol. The summed E-state index contributed by atoms with van der Waals surface area (Å²) in [5.74, 6) is 1.91. The third kappa shape index (κ3) is 1.34. The number of hydrogen-bond donors (Lipinski definition) is 2. The summed E-state index contributed by atoms with van der Waals surface area (Å²) in [7, 11) is 0. The van der Waals surface area contributed by atoms with Crippen molar-refractivity contribution in [2.75, 3.05) is 12.5 Å². The quantitative estimate of drug-likeness (QED) is 0.840. The second-order valence-corrected chi connectivity index (χ2v) is 4.16. The van der Waals surface area contributed by atoms with Crippen LogP contribution in [0.15, 0.2) is 22.7 Å². The highest BCUT2D eigenvalue weighted by Crippen LogP contribution is 2.44. The van der Waals surface area contributed by atoms with Crippen molar-refractivity contribution in [3.8, 4) is 22.8 Å². The molecule has 2 aromatic rings. The molecule has 82 valence electrons. The van der Waals surface area contributed by atoms with E-state index in [9.17, 15) is 0 Å². The van der Waals surface area contributed by atoms with Gasteiger partial charge < -0.3 is 15.2 Å². The van der Waals surface area contributed by atoms with E-state index in [1.54, 1.807) is 6.07 Å². The van der Waals surface area contributed by atoms with Crippen LogP contribution >= 0.6 is 15.9 Å². The van der Waals surface area contributed by atoms with Gasteiger partial charge in [0.25, 0.3) is 0 Å². The van der Waals surface area contributed by atoms with E-state index >= 15 is 0 Å². The molecule has 0 radical (unpaired) electrons. The molecule has 0 saturated heterocycles. The average molecular weight is 282 g/mol. The van der Waals surface area contributed by atoms with Gasteiger partial charge in [-0.1, -0.05) is 0 Å². The number of ether oxygens (including phenoxy) is 2. The van der Waals surface area contributed by atoms with Gasteiger partial charge in [-0.15, -0.1) is 0 Å². The fourth-order valence-electron chi connectivity index (χ4n) is 1.62. The van der Waals surface area contributed by atoms with Gasteiger partial charge in [0.05, 0.1) is 10.2 Å². The number of halogens is 1. The van der Waals surface area contributed by atoms with E-state index in [0.717, 1.165) is 21.5 Å². The molecule has 3 rings (SSSR count). The second-order valence-electron chi connectivity index (χ2n) is 3.37. The molecule has 5 nitrogen and oxygen atoms in total. The number of anilines is 1. The highest BCUT2D eigenvalue weighted by atomic mass is 79.9. The molecule has 1 aliphatic rings. The summed E-state index contributed by atoms with van der Waals surface area (Å²) < 4.78 is 11.5. The van der Waals surface area contributed by atoms with Gasteiger partial charge in [0.2, 0.25) is 6.79 Å². The van der Waals surface area contributed by atoms with Gasteiger partial charge in [0.15, 0.2) is 11.5 Å². The van der Waals surface area contributed by atoms with Crippen molar-refractivity contribution in [1.82, 2.24) is 10.2 Å². The Hall–Kier alpha value is -1.69. The van der Waals surface area contributed by atoms with E-state index < -0.39 is 0 Å².